The molecule has 0 spiro atoms. The van der Waals surface area contributed by atoms with Gasteiger partial charge in [-0.2, -0.15) is 0 Å². The first-order chi connectivity index (χ1) is 7.75. The Morgan fingerprint density at radius 3 is 1.24 bits per heavy atom. The Kier molecular flexibility index (Phi) is 9.23. The summed E-state index contributed by atoms with van der Waals surface area (Å²) in [5.74, 6) is -0.722. The van der Waals surface area contributed by atoms with Crippen LogP contribution in [0.1, 0.15) is 27.2 Å². The lowest BCUT2D eigenvalue weighted by Gasteiger charge is -2.23. The molecule has 6 nitrogen and oxygen atoms in total. The van der Waals surface area contributed by atoms with Crippen molar-refractivity contribution in [1.82, 2.24) is 0 Å². The summed E-state index contributed by atoms with van der Waals surface area (Å²) in [5, 5.41) is 42.4. The van der Waals surface area contributed by atoms with Gasteiger partial charge >= 0.3 is 5.97 Å². The van der Waals surface area contributed by atoms with Crippen LogP contribution in [-0.4, -0.2) is 57.9 Å². The third-order valence-corrected chi connectivity index (χ3v) is 2.80. The van der Waals surface area contributed by atoms with Gasteiger partial charge in [0.05, 0.1) is 37.3 Å². The van der Waals surface area contributed by atoms with Gasteiger partial charge in [-0.15, -0.1) is 0 Å². The van der Waals surface area contributed by atoms with Crippen molar-refractivity contribution in [2.45, 2.75) is 27.2 Å². The molecule has 0 amide bonds. The standard InChI is InChI=1S/C6H12O2.C5H12O4/c1-4-6(2,3)5(7)8;6-1-5(2-7,3-8)4-9/h4H2,1-3H3,(H,7,8);6-9H,1-4H2. The minimum atomic E-state index is -1.11. The number of aliphatic hydroxyl groups excluding tert-OH is 4. The van der Waals surface area contributed by atoms with Gasteiger partial charge in [0.25, 0.3) is 0 Å². The number of hydrogen-bond acceptors (Lipinski definition) is 5. The number of carboxylic acid groups (broad SMARTS) is 1. The molecule has 0 saturated heterocycles. The van der Waals surface area contributed by atoms with Crippen molar-refractivity contribution in [3.05, 3.63) is 0 Å². The van der Waals surface area contributed by atoms with E-state index >= 15 is 0 Å². The molecule has 0 aromatic carbocycles. The first-order valence-electron chi connectivity index (χ1n) is 5.42. The van der Waals surface area contributed by atoms with Gasteiger partial charge in [-0.25, -0.2) is 0 Å². The molecule has 0 radical (unpaired) electrons. The molecule has 6 heteroatoms. The lowest BCUT2D eigenvalue weighted by molar-refractivity contribution is -0.147. The molecule has 0 atom stereocenters. The highest BCUT2D eigenvalue weighted by Crippen LogP contribution is 2.18. The van der Waals surface area contributed by atoms with Gasteiger partial charge in [-0.05, 0) is 20.3 Å². The van der Waals surface area contributed by atoms with E-state index in [4.69, 9.17) is 25.5 Å². The lowest BCUT2D eigenvalue weighted by Crippen LogP contribution is -2.37. The number of carboxylic acids is 1. The molecule has 0 aromatic rings. The number of aliphatic hydroxyl groups is 4. The molecular weight excluding hydrogens is 228 g/mol. The number of carbonyl (C=O) groups is 1. The Morgan fingerprint density at radius 2 is 1.24 bits per heavy atom. The first-order valence-corrected chi connectivity index (χ1v) is 5.42. The zero-order valence-electron chi connectivity index (χ0n) is 10.7. The maximum atomic E-state index is 10.3. The summed E-state index contributed by atoms with van der Waals surface area (Å²) >= 11 is 0. The second-order valence-corrected chi connectivity index (χ2v) is 4.68. The van der Waals surface area contributed by atoms with E-state index in [1.807, 2.05) is 6.92 Å². The van der Waals surface area contributed by atoms with Gasteiger partial charge in [0.1, 0.15) is 0 Å². The molecule has 0 fully saturated rings. The highest BCUT2D eigenvalue weighted by molar-refractivity contribution is 5.73. The predicted molar refractivity (Wildman–Crippen MR) is 62.5 cm³/mol. The molecule has 17 heavy (non-hydrogen) atoms. The highest BCUT2D eigenvalue weighted by Gasteiger charge is 2.26. The molecule has 0 aliphatic heterocycles. The van der Waals surface area contributed by atoms with Crippen molar-refractivity contribution in [2.75, 3.05) is 26.4 Å². The van der Waals surface area contributed by atoms with Gasteiger partial charge in [-0.1, -0.05) is 6.92 Å². The largest absolute Gasteiger partial charge is 0.481 e. The number of aliphatic carboxylic acids is 1. The van der Waals surface area contributed by atoms with E-state index in [-0.39, 0.29) is 0 Å². The molecule has 0 aromatic heterocycles. The summed E-state index contributed by atoms with van der Waals surface area (Å²) in [7, 11) is 0. The molecule has 0 aliphatic rings. The lowest BCUT2D eigenvalue weighted by atomic mass is 9.91. The maximum Gasteiger partial charge on any atom is 0.309 e. The van der Waals surface area contributed by atoms with Crippen molar-refractivity contribution < 1.29 is 30.3 Å². The second kappa shape index (κ2) is 8.41. The van der Waals surface area contributed by atoms with Crippen molar-refractivity contribution >= 4 is 5.97 Å². The third-order valence-electron chi connectivity index (χ3n) is 2.80. The van der Waals surface area contributed by atoms with Gasteiger partial charge in [0.15, 0.2) is 0 Å². The highest BCUT2D eigenvalue weighted by atomic mass is 16.4. The van der Waals surface area contributed by atoms with Crippen molar-refractivity contribution in [3.8, 4) is 0 Å². The van der Waals surface area contributed by atoms with Gasteiger partial charge in [-0.3, -0.25) is 4.79 Å². The summed E-state index contributed by atoms with van der Waals surface area (Å²) in [6.07, 6.45) is 0.683. The minimum Gasteiger partial charge on any atom is -0.481 e. The van der Waals surface area contributed by atoms with E-state index in [1.54, 1.807) is 13.8 Å². The fourth-order valence-corrected chi connectivity index (χ4v) is 0.451. The van der Waals surface area contributed by atoms with Crippen LogP contribution >= 0.6 is 0 Å². The zero-order valence-corrected chi connectivity index (χ0v) is 10.7. The van der Waals surface area contributed by atoms with E-state index in [9.17, 15) is 4.79 Å². The van der Waals surface area contributed by atoms with Crippen LogP contribution in [0.25, 0.3) is 0 Å². The number of rotatable bonds is 6. The van der Waals surface area contributed by atoms with Crippen molar-refractivity contribution in [2.24, 2.45) is 10.8 Å². The molecule has 0 rings (SSSR count). The van der Waals surface area contributed by atoms with Gasteiger partial charge in [0.2, 0.25) is 0 Å². The second-order valence-electron chi connectivity index (χ2n) is 4.68. The average molecular weight is 252 g/mol. The summed E-state index contributed by atoms with van der Waals surface area (Å²) in [6, 6.07) is 0. The van der Waals surface area contributed by atoms with Crippen LogP contribution in [0.4, 0.5) is 0 Å². The Labute approximate surface area is 102 Å². The van der Waals surface area contributed by atoms with Crippen molar-refractivity contribution in [3.63, 3.8) is 0 Å². The fraction of sp³-hybridized carbons (Fsp3) is 0.909. The van der Waals surface area contributed by atoms with Crippen LogP contribution in [0.3, 0.4) is 0 Å². The Hall–Kier alpha value is -0.690. The Balaban J connectivity index is 0. The van der Waals surface area contributed by atoms with E-state index < -0.39 is 43.2 Å². The summed E-state index contributed by atoms with van der Waals surface area (Å²) < 4.78 is 0. The summed E-state index contributed by atoms with van der Waals surface area (Å²) in [6.45, 7) is 3.68. The summed E-state index contributed by atoms with van der Waals surface area (Å²) in [4.78, 5) is 10.3. The van der Waals surface area contributed by atoms with Crippen LogP contribution < -0.4 is 0 Å². The fourth-order valence-electron chi connectivity index (χ4n) is 0.451. The van der Waals surface area contributed by atoms with Crippen LogP contribution in [0.2, 0.25) is 0 Å². The third kappa shape index (κ3) is 6.58. The zero-order chi connectivity index (χ0) is 14.1. The minimum absolute atomic E-state index is 0.406. The molecular formula is C11H24O6. The van der Waals surface area contributed by atoms with Crippen LogP contribution in [0.5, 0.6) is 0 Å². The van der Waals surface area contributed by atoms with Crippen molar-refractivity contribution in [1.29, 1.82) is 0 Å². The monoisotopic (exact) mass is 252 g/mol. The predicted octanol–water partition coefficient (Wildman–Crippen LogP) is -0.551. The molecule has 0 heterocycles. The SMILES string of the molecule is CCC(C)(C)C(=O)O.OCC(CO)(CO)CO. The van der Waals surface area contributed by atoms with Crippen LogP contribution in [0.15, 0.2) is 0 Å². The van der Waals surface area contributed by atoms with Crippen LogP contribution in [0, 0.1) is 10.8 Å². The maximum absolute atomic E-state index is 10.3. The van der Waals surface area contributed by atoms with Crippen LogP contribution in [-0.2, 0) is 4.79 Å². The molecule has 0 aliphatic carbocycles. The Morgan fingerprint density at radius 1 is 0.941 bits per heavy atom. The number of hydrogen-bond donors (Lipinski definition) is 5. The smallest absolute Gasteiger partial charge is 0.309 e. The average Bonchev–Trinajstić information content (AvgIpc) is 2.33. The first kappa shape index (κ1) is 18.7. The molecule has 0 saturated carbocycles. The molecule has 104 valence electrons. The topological polar surface area (TPSA) is 118 Å². The van der Waals surface area contributed by atoms with Gasteiger partial charge < -0.3 is 25.5 Å². The molecule has 5 N–H and O–H groups in total. The molecule has 0 unspecified atom stereocenters. The van der Waals surface area contributed by atoms with E-state index in [2.05, 4.69) is 0 Å². The normalized spacial score (nSPS) is 11.7. The van der Waals surface area contributed by atoms with Gasteiger partial charge in [0, 0.05) is 0 Å². The van der Waals surface area contributed by atoms with E-state index in [1.165, 1.54) is 0 Å². The van der Waals surface area contributed by atoms with E-state index in [0.29, 0.717) is 6.42 Å². The molecule has 0 bridgehead atoms. The summed E-state index contributed by atoms with van der Waals surface area (Å²) in [5.41, 5.74) is -1.65. The Bertz CT molecular complexity index is 192. The van der Waals surface area contributed by atoms with E-state index in [0.717, 1.165) is 0 Å². The quantitative estimate of drug-likeness (QED) is 0.433.